The first-order valence-electron chi connectivity index (χ1n) is 3.39. The molecule has 0 spiro atoms. The van der Waals surface area contributed by atoms with Crippen LogP contribution in [0.4, 0.5) is 4.39 Å². The molecule has 0 aliphatic rings. The van der Waals surface area contributed by atoms with E-state index in [1.54, 1.807) is 0 Å². The standard InChI is InChI=1S/C8H7FO4/c9-6-4-2-1-3-5(6)8(12,13)7(10)11/h1-4,12-13H,(H,10,11). The fourth-order valence-electron chi connectivity index (χ4n) is 0.859. The molecule has 1 aromatic carbocycles. The first-order chi connectivity index (χ1) is 5.96. The maximum Gasteiger partial charge on any atom is 0.369 e. The highest BCUT2D eigenvalue weighted by molar-refractivity contribution is 5.76. The monoisotopic (exact) mass is 186 g/mol. The Morgan fingerprint density at radius 2 is 1.85 bits per heavy atom. The summed E-state index contributed by atoms with van der Waals surface area (Å²) in [6, 6.07) is 4.56. The SMILES string of the molecule is O=C(O)C(O)(O)c1ccccc1F. The number of carboxylic acids is 1. The van der Waals surface area contributed by atoms with Crippen LogP contribution in [-0.4, -0.2) is 21.3 Å². The van der Waals surface area contributed by atoms with Crippen molar-refractivity contribution in [1.29, 1.82) is 0 Å². The number of benzene rings is 1. The van der Waals surface area contributed by atoms with E-state index in [2.05, 4.69) is 0 Å². The molecule has 0 aromatic heterocycles. The molecular formula is C8H7FO4. The van der Waals surface area contributed by atoms with Crippen molar-refractivity contribution < 1.29 is 24.5 Å². The average Bonchev–Trinajstić information content (AvgIpc) is 2.04. The lowest BCUT2D eigenvalue weighted by Gasteiger charge is -2.16. The Hall–Kier alpha value is -1.46. The van der Waals surface area contributed by atoms with Crippen molar-refractivity contribution in [3.05, 3.63) is 35.6 Å². The number of halogens is 1. The predicted octanol–water partition coefficient (Wildman–Crippen LogP) is 0.0477. The number of aliphatic carboxylic acids is 1. The third-order valence-corrected chi connectivity index (χ3v) is 1.55. The summed E-state index contributed by atoms with van der Waals surface area (Å²) < 4.78 is 12.9. The Labute approximate surface area is 72.9 Å². The summed E-state index contributed by atoms with van der Waals surface area (Å²) >= 11 is 0. The molecule has 0 amide bonds. The lowest BCUT2D eigenvalue weighted by molar-refractivity contribution is -0.208. The van der Waals surface area contributed by atoms with Gasteiger partial charge in [-0.3, -0.25) is 0 Å². The molecule has 0 bridgehead atoms. The van der Waals surface area contributed by atoms with E-state index in [1.807, 2.05) is 0 Å². The van der Waals surface area contributed by atoms with Crippen LogP contribution in [0.1, 0.15) is 5.56 Å². The van der Waals surface area contributed by atoms with Gasteiger partial charge in [-0.1, -0.05) is 18.2 Å². The number of rotatable bonds is 2. The second-order valence-electron chi connectivity index (χ2n) is 2.46. The highest BCUT2D eigenvalue weighted by atomic mass is 19.1. The number of hydrogen-bond acceptors (Lipinski definition) is 3. The van der Waals surface area contributed by atoms with Gasteiger partial charge in [-0.15, -0.1) is 0 Å². The molecular weight excluding hydrogens is 179 g/mol. The summed E-state index contributed by atoms with van der Waals surface area (Å²) in [5.74, 6) is -6.07. The van der Waals surface area contributed by atoms with Crippen LogP contribution in [0.3, 0.4) is 0 Å². The van der Waals surface area contributed by atoms with E-state index in [1.165, 1.54) is 12.1 Å². The molecule has 1 aromatic rings. The molecule has 3 N–H and O–H groups in total. The van der Waals surface area contributed by atoms with Gasteiger partial charge in [0.05, 0.1) is 5.56 Å². The second-order valence-corrected chi connectivity index (χ2v) is 2.46. The summed E-state index contributed by atoms with van der Waals surface area (Å²) in [6.45, 7) is 0. The zero-order chi connectivity index (χ0) is 10.1. The number of carbonyl (C=O) groups is 1. The summed E-state index contributed by atoms with van der Waals surface area (Å²) in [5.41, 5.74) is -0.678. The summed E-state index contributed by atoms with van der Waals surface area (Å²) in [5, 5.41) is 26.3. The Kier molecular flexibility index (Phi) is 2.31. The summed E-state index contributed by atoms with van der Waals surface area (Å²) in [4.78, 5) is 10.3. The van der Waals surface area contributed by atoms with Crippen LogP contribution >= 0.6 is 0 Å². The van der Waals surface area contributed by atoms with E-state index in [-0.39, 0.29) is 0 Å². The molecule has 70 valence electrons. The van der Waals surface area contributed by atoms with Crippen LogP contribution in [0.2, 0.25) is 0 Å². The highest BCUT2D eigenvalue weighted by Crippen LogP contribution is 2.20. The average molecular weight is 186 g/mol. The molecule has 0 atom stereocenters. The van der Waals surface area contributed by atoms with Crippen molar-refractivity contribution in [3.63, 3.8) is 0 Å². The van der Waals surface area contributed by atoms with Crippen LogP contribution in [0, 0.1) is 5.82 Å². The van der Waals surface area contributed by atoms with Crippen molar-refractivity contribution in [2.24, 2.45) is 0 Å². The molecule has 0 aliphatic heterocycles. The smallest absolute Gasteiger partial charge is 0.369 e. The topological polar surface area (TPSA) is 77.8 Å². The molecule has 1 rings (SSSR count). The van der Waals surface area contributed by atoms with Crippen LogP contribution in [0.15, 0.2) is 24.3 Å². The third kappa shape index (κ3) is 1.66. The van der Waals surface area contributed by atoms with Crippen LogP contribution in [0.25, 0.3) is 0 Å². The van der Waals surface area contributed by atoms with E-state index in [4.69, 9.17) is 15.3 Å². The molecule has 0 aliphatic carbocycles. The first-order valence-corrected chi connectivity index (χ1v) is 3.39. The molecule has 0 unspecified atom stereocenters. The predicted molar refractivity (Wildman–Crippen MR) is 40.2 cm³/mol. The number of carboxylic acid groups (broad SMARTS) is 1. The molecule has 0 fully saturated rings. The van der Waals surface area contributed by atoms with Gasteiger partial charge in [0, 0.05) is 0 Å². The summed E-state index contributed by atoms with van der Waals surface area (Å²) in [6.07, 6.45) is 0. The van der Waals surface area contributed by atoms with Crippen molar-refractivity contribution in [3.8, 4) is 0 Å². The first kappa shape index (κ1) is 9.63. The minimum absolute atomic E-state index is 0.678. The van der Waals surface area contributed by atoms with Crippen LogP contribution in [-0.2, 0) is 10.6 Å². The van der Waals surface area contributed by atoms with Gasteiger partial charge in [-0.25, -0.2) is 9.18 Å². The minimum Gasteiger partial charge on any atom is -0.477 e. The number of hydrogen-bond donors (Lipinski definition) is 3. The lowest BCUT2D eigenvalue weighted by Crippen LogP contribution is -2.35. The molecule has 4 nitrogen and oxygen atoms in total. The Bertz CT molecular complexity index is 335. The summed E-state index contributed by atoms with van der Waals surface area (Å²) in [7, 11) is 0. The fourth-order valence-corrected chi connectivity index (χ4v) is 0.859. The van der Waals surface area contributed by atoms with Gasteiger partial charge in [0.1, 0.15) is 5.82 Å². The molecule has 0 saturated heterocycles. The normalized spacial score (nSPS) is 11.3. The van der Waals surface area contributed by atoms with Gasteiger partial charge in [-0.2, -0.15) is 0 Å². The van der Waals surface area contributed by atoms with Gasteiger partial charge in [-0.05, 0) is 6.07 Å². The molecule has 5 heteroatoms. The number of aliphatic hydroxyl groups is 2. The van der Waals surface area contributed by atoms with Crippen molar-refractivity contribution in [2.75, 3.05) is 0 Å². The Morgan fingerprint density at radius 1 is 1.31 bits per heavy atom. The molecule has 0 radical (unpaired) electrons. The maximum atomic E-state index is 12.9. The van der Waals surface area contributed by atoms with Gasteiger partial charge in [0.15, 0.2) is 0 Å². The van der Waals surface area contributed by atoms with Crippen molar-refractivity contribution >= 4 is 5.97 Å². The molecule has 0 saturated carbocycles. The largest absolute Gasteiger partial charge is 0.477 e. The van der Waals surface area contributed by atoms with Crippen LogP contribution in [0.5, 0.6) is 0 Å². The fraction of sp³-hybridized carbons (Fsp3) is 0.125. The van der Waals surface area contributed by atoms with E-state index in [0.717, 1.165) is 12.1 Å². The highest BCUT2D eigenvalue weighted by Gasteiger charge is 2.37. The lowest BCUT2D eigenvalue weighted by atomic mass is 10.1. The van der Waals surface area contributed by atoms with Crippen LogP contribution < -0.4 is 0 Å². The second kappa shape index (κ2) is 3.12. The van der Waals surface area contributed by atoms with Gasteiger partial charge in [0.25, 0.3) is 5.79 Å². The van der Waals surface area contributed by atoms with E-state index < -0.39 is 23.1 Å². The van der Waals surface area contributed by atoms with Gasteiger partial charge in [0.2, 0.25) is 0 Å². The molecule has 13 heavy (non-hydrogen) atoms. The van der Waals surface area contributed by atoms with E-state index in [9.17, 15) is 9.18 Å². The van der Waals surface area contributed by atoms with E-state index in [0.29, 0.717) is 0 Å². The zero-order valence-electron chi connectivity index (χ0n) is 6.44. The minimum atomic E-state index is -3.18. The maximum absolute atomic E-state index is 12.9. The van der Waals surface area contributed by atoms with E-state index >= 15 is 0 Å². The van der Waals surface area contributed by atoms with Gasteiger partial charge < -0.3 is 15.3 Å². The zero-order valence-corrected chi connectivity index (χ0v) is 6.44. The Balaban J connectivity index is 3.22. The van der Waals surface area contributed by atoms with Crippen molar-refractivity contribution in [2.45, 2.75) is 5.79 Å². The third-order valence-electron chi connectivity index (χ3n) is 1.55. The quantitative estimate of drug-likeness (QED) is 0.570. The Morgan fingerprint density at radius 3 is 2.31 bits per heavy atom. The van der Waals surface area contributed by atoms with Gasteiger partial charge >= 0.3 is 5.97 Å². The van der Waals surface area contributed by atoms with Crippen molar-refractivity contribution in [1.82, 2.24) is 0 Å². The molecule has 0 heterocycles.